The minimum Gasteiger partial charge on any atom is -0.478 e. The van der Waals surface area contributed by atoms with Crippen LogP contribution in [0, 0.1) is 0 Å². The Bertz CT molecular complexity index is 2100. The van der Waals surface area contributed by atoms with Crippen LogP contribution in [0.4, 0.5) is 11.4 Å². The van der Waals surface area contributed by atoms with E-state index in [0.29, 0.717) is 38.2 Å². The van der Waals surface area contributed by atoms with Crippen molar-refractivity contribution < 1.29 is 29.0 Å². The Kier molecular flexibility index (Phi) is 8.40. The predicted molar refractivity (Wildman–Crippen MR) is 180 cm³/mol. The van der Waals surface area contributed by atoms with Crippen molar-refractivity contribution in [2.24, 2.45) is 0 Å². The Balaban J connectivity index is 1.09. The molecule has 5 aromatic carbocycles. The zero-order chi connectivity index (χ0) is 32.2. The molecule has 2 amide bonds. The SMILES string of the molecule is COC(=O)c1ccc(-c2ccc(C(=O)Nc3ccc(-c4ccc(C(=O)Nc5ccc(C(=O)O)c6ccccc56)s4)cc3)cc2)cc1. The lowest BCUT2D eigenvalue weighted by Gasteiger charge is -2.10. The topological polar surface area (TPSA) is 122 Å². The van der Waals surface area contributed by atoms with Crippen LogP contribution >= 0.6 is 11.3 Å². The van der Waals surface area contributed by atoms with Crippen molar-refractivity contribution >= 4 is 57.2 Å². The van der Waals surface area contributed by atoms with Crippen molar-refractivity contribution in [3.05, 3.63) is 143 Å². The number of fused-ring (bicyclic) bond motifs is 1. The minimum atomic E-state index is -1.03. The number of rotatable bonds is 8. The summed E-state index contributed by atoms with van der Waals surface area (Å²) >= 11 is 1.33. The van der Waals surface area contributed by atoms with E-state index in [-0.39, 0.29) is 17.4 Å². The molecule has 6 aromatic rings. The van der Waals surface area contributed by atoms with Crippen LogP contribution in [0.25, 0.3) is 32.3 Å². The Morgan fingerprint density at radius 1 is 0.609 bits per heavy atom. The number of ether oxygens (including phenoxy) is 1. The molecule has 1 heterocycles. The van der Waals surface area contributed by atoms with Crippen molar-refractivity contribution in [3.63, 3.8) is 0 Å². The molecule has 1 aromatic heterocycles. The fourth-order valence-electron chi connectivity index (χ4n) is 5.05. The van der Waals surface area contributed by atoms with Gasteiger partial charge in [0, 0.05) is 27.2 Å². The molecule has 226 valence electrons. The van der Waals surface area contributed by atoms with Gasteiger partial charge in [-0.15, -0.1) is 11.3 Å². The molecular formula is C37H26N2O6S. The Morgan fingerprint density at radius 2 is 1.22 bits per heavy atom. The van der Waals surface area contributed by atoms with E-state index in [0.717, 1.165) is 21.6 Å². The van der Waals surface area contributed by atoms with Crippen LogP contribution in [0.3, 0.4) is 0 Å². The highest BCUT2D eigenvalue weighted by atomic mass is 32.1. The lowest BCUT2D eigenvalue weighted by Crippen LogP contribution is -2.11. The molecule has 0 aliphatic rings. The van der Waals surface area contributed by atoms with Gasteiger partial charge in [-0.25, -0.2) is 9.59 Å². The van der Waals surface area contributed by atoms with Gasteiger partial charge in [0.1, 0.15) is 0 Å². The van der Waals surface area contributed by atoms with Crippen LogP contribution in [0.2, 0.25) is 0 Å². The molecule has 0 aliphatic carbocycles. The molecule has 0 radical (unpaired) electrons. The molecule has 8 nitrogen and oxygen atoms in total. The number of amides is 2. The van der Waals surface area contributed by atoms with E-state index >= 15 is 0 Å². The van der Waals surface area contributed by atoms with Crippen LogP contribution in [0.15, 0.2) is 121 Å². The number of carbonyl (C=O) groups is 4. The van der Waals surface area contributed by atoms with E-state index in [1.165, 1.54) is 24.5 Å². The van der Waals surface area contributed by atoms with Crippen molar-refractivity contribution in [2.45, 2.75) is 0 Å². The summed E-state index contributed by atoms with van der Waals surface area (Å²) in [5.74, 6) is -1.97. The Labute approximate surface area is 267 Å². The average Bonchev–Trinajstić information content (AvgIpc) is 3.59. The monoisotopic (exact) mass is 626 g/mol. The summed E-state index contributed by atoms with van der Waals surface area (Å²) in [5.41, 5.74) is 5.00. The second-order valence-electron chi connectivity index (χ2n) is 10.3. The van der Waals surface area contributed by atoms with Gasteiger partial charge in [0.05, 0.1) is 23.1 Å². The largest absolute Gasteiger partial charge is 0.478 e. The number of carboxylic acid groups (broad SMARTS) is 1. The lowest BCUT2D eigenvalue weighted by atomic mass is 10.0. The van der Waals surface area contributed by atoms with Crippen LogP contribution in [0.5, 0.6) is 0 Å². The average molecular weight is 627 g/mol. The van der Waals surface area contributed by atoms with Gasteiger partial charge < -0.3 is 20.5 Å². The number of anilines is 2. The number of carbonyl (C=O) groups excluding carboxylic acids is 3. The normalized spacial score (nSPS) is 10.7. The van der Waals surface area contributed by atoms with Crippen LogP contribution in [-0.4, -0.2) is 36.0 Å². The summed E-state index contributed by atoms with van der Waals surface area (Å²) in [6.45, 7) is 0. The fraction of sp³-hybridized carbons (Fsp3) is 0.0270. The van der Waals surface area contributed by atoms with Crippen molar-refractivity contribution in [1.82, 2.24) is 0 Å². The van der Waals surface area contributed by atoms with Crippen LogP contribution in [-0.2, 0) is 4.74 Å². The molecule has 0 saturated carbocycles. The van der Waals surface area contributed by atoms with Crippen molar-refractivity contribution in [1.29, 1.82) is 0 Å². The van der Waals surface area contributed by atoms with Crippen LogP contribution in [0.1, 0.15) is 40.7 Å². The van der Waals surface area contributed by atoms with Gasteiger partial charge in [0.15, 0.2) is 0 Å². The number of esters is 1. The van der Waals surface area contributed by atoms with Gasteiger partial charge >= 0.3 is 11.9 Å². The molecule has 6 rings (SSSR count). The van der Waals surface area contributed by atoms with Gasteiger partial charge in [-0.05, 0) is 82.7 Å². The van der Waals surface area contributed by atoms with E-state index in [1.807, 2.05) is 42.5 Å². The van der Waals surface area contributed by atoms with Gasteiger partial charge in [-0.3, -0.25) is 9.59 Å². The number of nitrogens with one attached hydrogen (secondary N) is 2. The third kappa shape index (κ3) is 6.26. The van der Waals surface area contributed by atoms with Gasteiger partial charge in [0.25, 0.3) is 11.8 Å². The number of hydrogen-bond acceptors (Lipinski definition) is 6. The second-order valence-corrected chi connectivity index (χ2v) is 11.4. The number of benzene rings is 5. The first-order chi connectivity index (χ1) is 22.3. The number of hydrogen-bond donors (Lipinski definition) is 3. The molecule has 0 unspecified atom stereocenters. The first kappa shape index (κ1) is 30.0. The van der Waals surface area contributed by atoms with Crippen molar-refractivity contribution in [3.8, 4) is 21.6 Å². The summed E-state index contributed by atoms with van der Waals surface area (Å²) in [4.78, 5) is 50.7. The molecule has 9 heteroatoms. The number of methoxy groups -OCH3 is 1. The molecule has 0 saturated heterocycles. The molecule has 0 aliphatic heterocycles. The standard InChI is InChI=1S/C37H26N2O6S/c1-45-37(44)26-12-8-23(9-13-26)22-6-10-25(11-7-22)34(40)38-27-16-14-24(15-17-27)32-20-21-33(46-32)35(41)39-31-19-18-30(36(42)43)28-4-2-3-5-29(28)31/h2-21H,1H3,(H,38,40)(H,39,41)(H,42,43). The third-order valence-corrected chi connectivity index (χ3v) is 8.58. The molecular weight excluding hydrogens is 600 g/mol. The van der Waals surface area contributed by atoms with Gasteiger partial charge in [-0.2, -0.15) is 0 Å². The van der Waals surface area contributed by atoms with Gasteiger partial charge in [0.2, 0.25) is 0 Å². The van der Waals surface area contributed by atoms with E-state index in [4.69, 9.17) is 4.74 Å². The summed E-state index contributed by atoms with van der Waals surface area (Å²) in [5, 5.41) is 16.5. The summed E-state index contributed by atoms with van der Waals surface area (Å²) < 4.78 is 4.74. The highest BCUT2D eigenvalue weighted by Gasteiger charge is 2.16. The highest BCUT2D eigenvalue weighted by Crippen LogP contribution is 2.32. The second kappa shape index (κ2) is 12.9. The fourth-order valence-corrected chi connectivity index (χ4v) is 5.95. The summed E-state index contributed by atoms with van der Waals surface area (Å²) in [7, 11) is 1.34. The first-order valence-electron chi connectivity index (χ1n) is 14.2. The quantitative estimate of drug-likeness (QED) is 0.146. The maximum absolute atomic E-state index is 13.1. The number of aromatic carboxylic acids is 1. The zero-order valence-electron chi connectivity index (χ0n) is 24.4. The Morgan fingerprint density at radius 3 is 1.85 bits per heavy atom. The molecule has 0 bridgehead atoms. The van der Waals surface area contributed by atoms with Crippen molar-refractivity contribution in [2.75, 3.05) is 17.7 Å². The maximum atomic E-state index is 13.1. The minimum absolute atomic E-state index is 0.172. The highest BCUT2D eigenvalue weighted by molar-refractivity contribution is 7.17. The van der Waals surface area contributed by atoms with E-state index in [2.05, 4.69) is 10.6 Å². The van der Waals surface area contributed by atoms with E-state index < -0.39 is 11.9 Å². The third-order valence-electron chi connectivity index (χ3n) is 7.45. The predicted octanol–water partition coefficient (Wildman–Crippen LogP) is 8.22. The van der Waals surface area contributed by atoms with E-state index in [1.54, 1.807) is 72.8 Å². The molecule has 0 atom stereocenters. The van der Waals surface area contributed by atoms with E-state index in [9.17, 15) is 24.3 Å². The zero-order valence-corrected chi connectivity index (χ0v) is 25.3. The van der Waals surface area contributed by atoms with Gasteiger partial charge in [-0.1, -0.05) is 60.7 Å². The Hall–Kier alpha value is -6.06. The molecule has 46 heavy (non-hydrogen) atoms. The smallest absolute Gasteiger partial charge is 0.337 e. The first-order valence-corrected chi connectivity index (χ1v) is 15.0. The molecule has 0 spiro atoms. The molecule has 3 N–H and O–H groups in total. The number of thiophene rings is 1. The summed E-state index contributed by atoms with van der Waals surface area (Å²) in [6.07, 6.45) is 0. The molecule has 0 fully saturated rings. The lowest BCUT2D eigenvalue weighted by molar-refractivity contribution is 0.0599. The summed E-state index contributed by atoms with van der Waals surface area (Å²) in [6, 6.07) is 35.4. The maximum Gasteiger partial charge on any atom is 0.337 e. The van der Waals surface area contributed by atoms with Crippen LogP contribution < -0.4 is 10.6 Å². The number of carboxylic acids is 1.